The van der Waals surface area contributed by atoms with Crippen LogP contribution < -0.4 is 0 Å². The Morgan fingerprint density at radius 1 is 1.07 bits per heavy atom. The number of halogens is 2. The highest BCUT2D eigenvalue weighted by atomic mass is 19.2. The topological polar surface area (TPSA) is 63.7 Å². The molecular formula is C21H17F2NO4. The van der Waals surface area contributed by atoms with Crippen LogP contribution in [0.4, 0.5) is 8.78 Å². The van der Waals surface area contributed by atoms with E-state index in [0.29, 0.717) is 0 Å². The number of rotatable bonds is 5. The van der Waals surface area contributed by atoms with E-state index in [9.17, 15) is 23.2 Å². The highest BCUT2D eigenvalue weighted by Crippen LogP contribution is 2.33. The highest BCUT2D eigenvalue weighted by molar-refractivity contribution is 5.98. The van der Waals surface area contributed by atoms with Crippen molar-refractivity contribution in [2.24, 2.45) is 0 Å². The summed E-state index contributed by atoms with van der Waals surface area (Å²) in [5.41, 5.74) is 1.59. The molecule has 0 fully saturated rings. The van der Waals surface area contributed by atoms with Gasteiger partial charge in [0.1, 0.15) is 0 Å². The number of esters is 1. The van der Waals surface area contributed by atoms with Gasteiger partial charge in [0.15, 0.2) is 24.0 Å². The van der Waals surface area contributed by atoms with Gasteiger partial charge in [0.05, 0.1) is 12.5 Å². The number of fused-ring (bicyclic) bond motifs is 1. The van der Waals surface area contributed by atoms with E-state index in [1.165, 1.54) is 11.8 Å². The van der Waals surface area contributed by atoms with Crippen LogP contribution in [0.5, 0.6) is 0 Å². The summed E-state index contributed by atoms with van der Waals surface area (Å²) in [7, 11) is 0. The molecule has 1 aliphatic heterocycles. The van der Waals surface area contributed by atoms with Crippen molar-refractivity contribution in [2.75, 3.05) is 6.61 Å². The largest absolute Gasteiger partial charge is 0.457 e. The molecule has 1 amide bonds. The van der Waals surface area contributed by atoms with Crippen LogP contribution in [0.1, 0.15) is 40.9 Å². The zero-order chi connectivity index (χ0) is 20.3. The normalized spacial score (nSPS) is 15.1. The lowest BCUT2D eigenvalue weighted by molar-refractivity contribution is -0.144. The minimum absolute atomic E-state index is 0.0944. The molecule has 1 aliphatic rings. The predicted molar refractivity (Wildman–Crippen MR) is 97.0 cm³/mol. The number of carbonyl (C=O) groups is 3. The fourth-order valence-electron chi connectivity index (χ4n) is 3.03. The maximum atomic E-state index is 13.2. The molecule has 1 atom stereocenters. The summed E-state index contributed by atoms with van der Waals surface area (Å²) in [4.78, 5) is 37.7. The summed E-state index contributed by atoms with van der Waals surface area (Å²) < 4.78 is 31.2. The fraction of sp³-hybridized carbons (Fsp3) is 0.190. The van der Waals surface area contributed by atoms with Gasteiger partial charge in [-0.25, -0.2) is 8.78 Å². The number of benzene rings is 2. The minimum Gasteiger partial charge on any atom is -0.457 e. The van der Waals surface area contributed by atoms with Crippen molar-refractivity contribution in [3.05, 3.63) is 77.0 Å². The van der Waals surface area contributed by atoms with Crippen LogP contribution in [0.25, 0.3) is 6.08 Å². The molecule has 0 spiro atoms. The van der Waals surface area contributed by atoms with Crippen LogP contribution in [0, 0.1) is 11.6 Å². The van der Waals surface area contributed by atoms with E-state index in [0.717, 1.165) is 29.3 Å². The summed E-state index contributed by atoms with van der Waals surface area (Å²) >= 11 is 0. The van der Waals surface area contributed by atoms with Gasteiger partial charge in [0, 0.05) is 18.7 Å². The maximum absolute atomic E-state index is 13.2. The Labute approximate surface area is 160 Å². The van der Waals surface area contributed by atoms with E-state index in [-0.39, 0.29) is 17.9 Å². The number of hydrogen-bond acceptors (Lipinski definition) is 4. The van der Waals surface area contributed by atoms with E-state index < -0.39 is 36.0 Å². The molecule has 7 heteroatoms. The Balaban J connectivity index is 1.67. The van der Waals surface area contributed by atoms with Gasteiger partial charge in [0.2, 0.25) is 5.91 Å². The molecule has 5 nitrogen and oxygen atoms in total. The molecule has 0 saturated carbocycles. The Kier molecular flexibility index (Phi) is 5.63. The van der Waals surface area contributed by atoms with Crippen molar-refractivity contribution >= 4 is 23.7 Å². The molecule has 0 N–H and O–H groups in total. The van der Waals surface area contributed by atoms with Crippen molar-refractivity contribution in [3.63, 3.8) is 0 Å². The smallest absolute Gasteiger partial charge is 0.308 e. The second kappa shape index (κ2) is 8.12. The fourth-order valence-corrected chi connectivity index (χ4v) is 3.03. The third-order valence-corrected chi connectivity index (χ3v) is 4.43. The summed E-state index contributed by atoms with van der Waals surface area (Å²) in [6.45, 7) is 0.789. The average molecular weight is 385 g/mol. The monoisotopic (exact) mass is 385 g/mol. The second-order valence-electron chi connectivity index (χ2n) is 6.30. The van der Waals surface area contributed by atoms with Crippen LogP contribution >= 0.6 is 0 Å². The first-order valence-electron chi connectivity index (χ1n) is 8.56. The van der Waals surface area contributed by atoms with Crippen molar-refractivity contribution in [3.8, 4) is 0 Å². The van der Waals surface area contributed by atoms with Gasteiger partial charge in [-0.2, -0.15) is 0 Å². The Bertz CT molecular complexity index is 971. The molecular weight excluding hydrogens is 368 g/mol. The first-order chi connectivity index (χ1) is 13.4. The molecule has 2 aromatic rings. The first-order valence-corrected chi connectivity index (χ1v) is 8.56. The summed E-state index contributed by atoms with van der Waals surface area (Å²) in [6, 6.07) is 9.50. The molecule has 0 radical (unpaired) electrons. The van der Waals surface area contributed by atoms with Crippen LogP contribution in [0.2, 0.25) is 0 Å². The third-order valence-electron chi connectivity index (χ3n) is 4.43. The van der Waals surface area contributed by atoms with Crippen molar-refractivity contribution < 1.29 is 27.9 Å². The number of amides is 1. The van der Waals surface area contributed by atoms with Gasteiger partial charge in [0.25, 0.3) is 0 Å². The number of hydrogen-bond donors (Lipinski definition) is 0. The molecule has 0 unspecified atom stereocenters. The molecule has 0 aromatic heterocycles. The summed E-state index contributed by atoms with van der Waals surface area (Å²) in [6.07, 6.45) is 3.24. The molecule has 1 heterocycles. The molecule has 0 aliphatic carbocycles. The van der Waals surface area contributed by atoms with Crippen molar-refractivity contribution in [1.82, 2.24) is 4.90 Å². The molecule has 0 saturated heterocycles. The number of nitrogens with zero attached hydrogens (tertiary/aromatic N) is 1. The molecule has 2 aromatic carbocycles. The zero-order valence-corrected chi connectivity index (χ0v) is 15.0. The van der Waals surface area contributed by atoms with E-state index in [2.05, 4.69) is 0 Å². The van der Waals surface area contributed by atoms with E-state index in [1.807, 2.05) is 18.2 Å². The predicted octanol–water partition coefficient (Wildman–Crippen LogP) is 3.65. The summed E-state index contributed by atoms with van der Waals surface area (Å²) in [5.74, 6) is -3.79. The van der Waals surface area contributed by atoms with Crippen LogP contribution in [-0.2, 0) is 14.3 Å². The van der Waals surface area contributed by atoms with Gasteiger partial charge < -0.3 is 9.64 Å². The number of ether oxygens (including phenoxy) is 1. The lowest BCUT2D eigenvalue weighted by Crippen LogP contribution is -2.32. The number of carbonyl (C=O) groups excluding carboxylic acids is 3. The van der Waals surface area contributed by atoms with E-state index >= 15 is 0 Å². The standard InChI is InChI=1S/C21H17F2NO4/c1-13(25)24-9-8-14-4-2-3-5-16(14)19(24)11-21(27)28-12-20(26)15-6-7-17(22)18(23)10-15/h2-10,19H,11-12H2,1H3/t19-/m0/s1. The van der Waals surface area contributed by atoms with Gasteiger partial charge in [-0.3, -0.25) is 14.4 Å². The SMILES string of the molecule is CC(=O)N1C=Cc2ccccc2[C@@H]1CC(=O)OCC(=O)c1ccc(F)c(F)c1. The Morgan fingerprint density at radius 2 is 1.82 bits per heavy atom. The van der Waals surface area contributed by atoms with Crippen molar-refractivity contribution in [2.45, 2.75) is 19.4 Å². The highest BCUT2D eigenvalue weighted by Gasteiger charge is 2.29. The minimum atomic E-state index is -1.15. The zero-order valence-electron chi connectivity index (χ0n) is 15.0. The van der Waals surface area contributed by atoms with Crippen LogP contribution in [0.15, 0.2) is 48.7 Å². The molecule has 144 valence electrons. The van der Waals surface area contributed by atoms with Gasteiger partial charge >= 0.3 is 5.97 Å². The van der Waals surface area contributed by atoms with E-state index in [1.54, 1.807) is 18.3 Å². The average Bonchev–Trinajstić information content (AvgIpc) is 2.68. The van der Waals surface area contributed by atoms with Gasteiger partial charge in [-0.15, -0.1) is 0 Å². The lowest BCUT2D eigenvalue weighted by atomic mass is 9.94. The van der Waals surface area contributed by atoms with Gasteiger partial charge in [-0.1, -0.05) is 24.3 Å². The molecule has 3 rings (SSSR count). The second-order valence-corrected chi connectivity index (χ2v) is 6.30. The summed E-state index contributed by atoms with van der Waals surface area (Å²) in [5, 5.41) is 0. The molecule has 28 heavy (non-hydrogen) atoms. The molecule has 0 bridgehead atoms. The van der Waals surface area contributed by atoms with Crippen molar-refractivity contribution in [1.29, 1.82) is 0 Å². The lowest BCUT2D eigenvalue weighted by Gasteiger charge is -2.32. The maximum Gasteiger partial charge on any atom is 0.308 e. The van der Waals surface area contributed by atoms with Crippen LogP contribution in [0.3, 0.4) is 0 Å². The third kappa shape index (κ3) is 4.14. The Morgan fingerprint density at radius 3 is 2.54 bits per heavy atom. The van der Waals surface area contributed by atoms with Gasteiger partial charge in [-0.05, 0) is 35.4 Å². The first kappa shape index (κ1) is 19.4. The number of ketones is 1. The van der Waals surface area contributed by atoms with E-state index in [4.69, 9.17) is 4.74 Å². The Hall–Kier alpha value is -3.35. The van der Waals surface area contributed by atoms with Crippen LogP contribution in [-0.4, -0.2) is 29.2 Å². The number of Topliss-reactive ketones (excluding diaryl/α,β-unsaturated/α-hetero) is 1. The quantitative estimate of drug-likeness (QED) is 0.582.